The van der Waals surface area contributed by atoms with Crippen molar-refractivity contribution in [3.05, 3.63) is 77.6 Å². The molecule has 0 atom stereocenters. The Morgan fingerprint density at radius 3 is 2.30 bits per heavy atom. The summed E-state index contributed by atoms with van der Waals surface area (Å²) in [5.41, 5.74) is 4.83. The molecule has 4 nitrogen and oxygen atoms in total. The van der Waals surface area contributed by atoms with E-state index in [9.17, 15) is 4.79 Å². The highest BCUT2D eigenvalue weighted by molar-refractivity contribution is 5.94. The third-order valence-corrected chi connectivity index (χ3v) is 3.78. The van der Waals surface area contributed by atoms with Gasteiger partial charge in [0.2, 0.25) is 0 Å². The number of carbonyl (C=O) groups is 1. The van der Waals surface area contributed by atoms with Crippen molar-refractivity contribution in [1.29, 1.82) is 0 Å². The number of hydrogen-bond acceptors (Lipinski definition) is 2. The second-order valence-electron chi connectivity index (χ2n) is 5.53. The summed E-state index contributed by atoms with van der Waals surface area (Å²) >= 11 is 0. The SMILES string of the molecule is Cc1cc(CNC(=O)c2ccc(-c3ccccc3)cc2)n(C)n1. The molecule has 0 saturated heterocycles. The van der Waals surface area contributed by atoms with Gasteiger partial charge >= 0.3 is 0 Å². The van der Waals surface area contributed by atoms with Gasteiger partial charge in [-0.15, -0.1) is 0 Å². The Bertz CT molecular complexity index is 804. The summed E-state index contributed by atoms with van der Waals surface area (Å²) in [5, 5.41) is 7.20. The monoisotopic (exact) mass is 305 g/mol. The Balaban J connectivity index is 1.67. The summed E-state index contributed by atoms with van der Waals surface area (Å²) in [6, 6.07) is 19.7. The molecule has 0 saturated carbocycles. The molecule has 0 aliphatic heterocycles. The number of nitrogens with zero attached hydrogens (tertiary/aromatic N) is 2. The van der Waals surface area contributed by atoms with E-state index >= 15 is 0 Å². The van der Waals surface area contributed by atoms with Crippen LogP contribution in [-0.2, 0) is 13.6 Å². The number of aromatic nitrogens is 2. The standard InChI is InChI=1S/C19H19N3O/c1-14-12-18(22(2)21-14)13-20-19(23)17-10-8-16(9-11-17)15-6-4-3-5-7-15/h3-12H,13H2,1-2H3,(H,20,23). The summed E-state index contributed by atoms with van der Waals surface area (Å²) in [6.45, 7) is 2.41. The van der Waals surface area contributed by atoms with Crippen LogP contribution in [0.5, 0.6) is 0 Å². The zero-order valence-corrected chi connectivity index (χ0v) is 13.3. The molecule has 1 amide bonds. The van der Waals surface area contributed by atoms with E-state index in [1.807, 2.05) is 62.5 Å². The van der Waals surface area contributed by atoms with Crippen LogP contribution >= 0.6 is 0 Å². The highest BCUT2D eigenvalue weighted by atomic mass is 16.1. The molecule has 116 valence electrons. The van der Waals surface area contributed by atoms with Gasteiger partial charge < -0.3 is 5.32 Å². The average Bonchev–Trinajstić information content (AvgIpc) is 2.91. The summed E-state index contributed by atoms with van der Waals surface area (Å²) in [7, 11) is 1.88. The summed E-state index contributed by atoms with van der Waals surface area (Å²) in [6.07, 6.45) is 0. The normalized spacial score (nSPS) is 10.5. The maximum absolute atomic E-state index is 12.2. The van der Waals surface area contributed by atoms with Gasteiger partial charge in [-0.25, -0.2) is 0 Å². The van der Waals surface area contributed by atoms with Gasteiger partial charge in [0.05, 0.1) is 17.9 Å². The van der Waals surface area contributed by atoms with E-state index in [1.54, 1.807) is 4.68 Å². The first-order valence-electron chi connectivity index (χ1n) is 7.57. The van der Waals surface area contributed by atoms with Gasteiger partial charge in [-0.05, 0) is 36.2 Å². The van der Waals surface area contributed by atoms with Crippen LogP contribution in [0.3, 0.4) is 0 Å². The lowest BCUT2D eigenvalue weighted by atomic mass is 10.0. The van der Waals surface area contributed by atoms with E-state index in [2.05, 4.69) is 22.5 Å². The molecule has 1 N–H and O–H groups in total. The smallest absolute Gasteiger partial charge is 0.251 e. The minimum atomic E-state index is -0.0801. The Kier molecular flexibility index (Phi) is 4.24. The van der Waals surface area contributed by atoms with Crippen molar-refractivity contribution in [2.45, 2.75) is 13.5 Å². The van der Waals surface area contributed by atoms with Crippen LogP contribution in [0.25, 0.3) is 11.1 Å². The van der Waals surface area contributed by atoms with E-state index in [-0.39, 0.29) is 5.91 Å². The average molecular weight is 305 g/mol. The third kappa shape index (κ3) is 3.48. The maximum Gasteiger partial charge on any atom is 0.251 e. The fourth-order valence-corrected chi connectivity index (χ4v) is 2.55. The molecule has 2 aromatic carbocycles. The number of nitrogens with one attached hydrogen (secondary N) is 1. The first-order chi connectivity index (χ1) is 11.1. The van der Waals surface area contributed by atoms with Crippen LogP contribution in [0, 0.1) is 6.92 Å². The van der Waals surface area contributed by atoms with Gasteiger partial charge in [0.25, 0.3) is 5.91 Å². The van der Waals surface area contributed by atoms with Gasteiger partial charge in [0, 0.05) is 12.6 Å². The Labute approximate surface area is 135 Å². The Morgan fingerprint density at radius 2 is 1.70 bits per heavy atom. The van der Waals surface area contributed by atoms with Gasteiger partial charge in [-0.2, -0.15) is 5.10 Å². The first kappa shape index (κ1) is 15.0. The van der Waals surface area contributed by atoms with Crippen LogP contribution in [0.2, 0.25) is 0 Å². The van der Waals surface area contributed by atoms with E-state index in [0.717, 1.165) is 22.5 Å². The maximum atomic E-state index is 12.2. The number of carbonyl (C=O) groups excluding carboxylic acids is 1. The summed E-state index contributed by atoms with van der Waals surface area (Å²) in [5.74, 6) is -0.0801. The summed E-state index contributed by atoms with van der Waals surface area (Å²) < 4.78 is 1.79. The number of amides is 1. The zero-order valence-electron chi connectivity index (χ0n) is 13.3. The van der Waals surface area contributed by atoms with Crippen molar-refractivity contribution in [3.8, 4) is 11.1 Å². The molecule has 3 aromatic rings. The Hall–Kier alpha value is -2.88. The number of aryl methyl sites for hydroxylation is 2. The molecule has 0 unspecified atom stereocenters. The predicted octanol–water partition coefficient (Wildman–Crippen LogP) is 3.33. The molecular weight excluding hydrogens is 286 g/mol. The second kappa shape index (κ2) is 6.48. The molecule has 0 aliphatic rings. The van der Waals surface area contributed by atoms with Crippen molar-refractivity contribution in [1.82, 2.24) is 15.1 Å². The molecule has 4 heteroatoms. The molecular formula is C19H19N3O. The lowest BCUT2D eigenvalue weighted by Crippen LogP contribution is -2.23. The number of benzene rings is 2. The van der Waals surface area contributed by atoms with Crippen LogP contribution in [0.1, 0.15) is 21.7 Å². The van der Waals surface area contributed by atoms with E-state index in [4.69, 9.17) is 0 Å². The van der Waals surface area contributed by atoms with Crippen LogP contribution in [0.15, 0.2) is 60.7 Å². The van der Waals surface area contributed by atoms with Crippen molar-refractivity contribution in [2.75, 3.05) is 0 Å². The highest BCUT2D eigenvalue weighted by Crippen LogP contribution is 2.19. The minimum absolute atomic E-state index is 0.0801. The molecule has 0 fully saturated rings. The van der Waals surface area contributed by atoms with E-state index < -0.39 is 0 Å². The minimum Gasteiger partial charge on any atom is -0.346 e. The lowest BCUT2D eigenvalue weighted by molar-refractivity contribution is 0.0950. The van der Waals surface area contributed by atoms with Gasteiger partial charge in [-0.3, -0.25) is 9.48 Å². The van der Waals surface area contributed by atoms with E-state index in [0.29, 0.717) is 12.1 Å². The molecule has 0 bridgehead atoms. The van der Waals surface area contributed by atoms with Gasteiger partial charge in [0.15, 0.2) is 0 Å². The first-order valence-corrected chi connectivity index (χ1v) is 7.57. The molecule has 23 heavy (non-hydrogen) atoms. The molecule has 0 aliphatic carbocycles. The highest BCUT2D eigenvalue weighted by Gasteiger charge is 2.08. The van der Waals surface area contributed by atoms with Crippen molar-refractivity contribution in [3.63, 3.8) is 0 Å². The fourth-order valence-electron chi connectivity index (χ4n) is 2.55. The van der Waals surface area contributed by atoms with Crippen molar-refractivity contribution < 1.29 is 4.79 Å². The molecule has 1 heterocycles. The summed E-state index contributed by atoms with van der Waals surface area (Å²) in [4.78, 5) is 12.2. The predicted molar refractivity (Wildman–Crippen MR) is 91.0 cm³/mol. The zero-order chi connectivity index (χ0) is 16.2. The van der Waals surface area contributed by atoms with Gasteiger partial charge in [-0.1, -0.05) is 42.5 Å². The fraction of sp³-hybridized carbons (Fsp3) is 0.158. The van der Waals surface area contributed by atoms with Crippen molar-refractivity contribution >= 4 is 5.91 Å². The number of rotatable bonds is 4. The van der Waals surface area contributed by atoms with Crippen LogP contribution in [-0.4, -0.2) is 15.7 Å². The third-order valence-electron chi connectivity index (χ3n) is 3.78. The molecule has 0 radical (unpaired) electrons. The largest absolute Gasteiger partial charge is 0.346 e. The number of hydrogen-bond donors (Lipinski definition) is 1. The topological polar surface area (TPSA) is 46.9 Å². The van der Waals surface area contributed by atoms with Crippen LogP contribution < -0.4 is 5.32 Å². The quantitative estimate of drug-likeness (QED) is 0.803. The Morgan fingerprint density at radius 1 is 1.04 bits per heavy atom. The van der Waals surface area contributed by atoms with Gasteiger partial charge in [0.1, 0.15) is 0 Å². The molecule has 1 aromatic heterocycles. The van der Waals surface area contributed by atoms with Crippen LogP contribution in [0.4, 0.5) is 0 Å². The lowest BCUT2D eigenvalue weighted by Gasteiger charge is -2.07. The van der Waals surface area contributed by atoms with Crippen molar-refractivity contribution in [2.24, 2.45) is 7.05 Å². The molecule has 0 spiro atoms. The molecule has 3 rings (SSSR count). The van der Waals surface area contributed by atoms with E-state index in [1.165, 1.54) is 0 Å². The second-order valence-corrected chi connectivity index (χ2v) is 5.53.